The lowest BCUT2D eigenvalue weighted by Crippen LogP contribution is -2.29. The van der Waals surface area contributed by atoms with E-state index in [1.165, 1.54) is 30.3 Å². The van der Waals surface area contributed by atoms with Crippen molar-refractivity contribution >= 4 is 28.8 Å². The van der Waals surface area contributed by atoms with E-state index in [4.69, 9.17) is 0 Å². The van der Waals surface area contributed by atoms with Gasteiger partial charge in [-0.25, -0.2) is 4.39 Å². The number of Topliss-reactive ketones (excluding diaryl/α,β-unsaturated/α-hetero) is 1. The molecule has 0 bridgehead atoms. The second-order valence-electron chi connectivity index (χ2n) is 6.83. The van der Waals surface area contributed by atoms with Gasteiger partial charge in [-0.3, -0.25) is 24.6 Å². The fraction of sp³-hybridized carbons (Fsp3) is 0.0435. The number of hydrogen-bond acceptors (Lipinski definition) is 5. The minimum atomic E-state index is -1.24. The Morgan fingerprint density at radius 2 is 1.55 bits per heavy atom. The molecule has 1 heterocycles. The highest BCUT2D eigenvalue weighted by molar-refractivity contribution is 6.51. The van der Waals surface area contributed by atoms with Crippen LogP contribution in [0.2, 0.25) is 0 Å². The summed E-state index contributed by atoms with van der Waals surface area (Å²) in [5, 5.41) is 22.6. The van der Waals surface area contributed by atoms with Crippen LogP contribution < -0.4 is 4.90 Å². The average Bonchev–Trinajstić information content (AvgIpc) is 3.05. The van der Waals surface area contributed by atoms with Crippen molar-refractivity contribution in [2.45, 2.75) is 6.04 Å². The Labute approximate surface area is 175 Å². The maximum Gasteiger partial charge on any atom is 0.300 e. The second-order valence-corrected chi connectivity index (χ2v) is 6.83. The maximum atomic E-state index is 13.3. The van der Waals surface area contributed by atoms with Crippen LogP contribution in [0.4, 0.5) is 15.8 Å². The van der Waals surface area contributed by atoms with E-state index < -0.39 is 34.2 Å². The number of ketones is 1. The summed E-state index contributed by atoms with van der Waals surface area (Å²) in [5.41, 5.74) is -0.101. The highest BCUT2D eigenvalue weighted by atomic mass is 19.1. The first-order valence-electron chi connectivity index (χ1n) is 9.25. The predicted molar refractivity (Wildman–Crippen MR) is 111 cm³/mol. The number of benzene rings is 3. The van der Waals surface area contributed by atoms with Gasteiger partial charge in [0.1, 0.15) is 17.6 Å². The number of nitro groups is 1. The molecule has 3 aromatic carbocycles. The number of para-hydroxylation sites is 2. The van der Waals surface area contributed by atoms with E-state index in [1.807, 2.05) is 0 Å². The van der Waals surface area contributed by atoms with Crippen molar-refractivity contribution in [3.8, 4) is 0 Å². The summed E-state index contributed by atoms with van der Waals surface area (Å²) < 4.78 is 13.3. The van der Waals surface area contributed by atoms with E-state index in [2.05, 4.69) is 0 Å². The number of amides is 1. The second kappa shape index (κ2) is 7.83. The molecular formula is C23H15FN2O5. The lowest BCUT2D eigenvalue weighted by atomic mass is 9.94. The fourth-order valence-electron chi connectivity index (χ4n) is 3.63. The van der Waals surface area contributed by atoms with Crippen LogP contribution in [0, 0.1) is 15.9 Å². The van der Waals surface area contributed by atoms with Gasteiger partial charge >= 0.3 is 0 Å². The molecule has 31 heavy (non-hydrogen) atoms. The summed E-state index contributed by atoms with van der Waals surface area (Å²) in [6.45, 7) is 0. The lowest BCUT2D eigenvalue weighted by Gasteiger charge is -2.25. The third-order valence-electron chi connectivity index (χ3n) is 5.02. The number of aliphatic hydroxyl groups excluding tert-OH is 1. The van der Waals surface area contributed by atoms with Crippen LogP contribution in [-0.4, -0.2) is 21.7 Å². The first-order chi connectivity index (χ1) is 14.9. The van der Waals surface area contributed by atoms with Crippen LogP contribution in [0.1, 0.15) is 17.2 Å². The molecule has 1 amide bonds. The van der Waals surface area contributed by atoms with Gasteiger partial charge in [-0.1, -0.05) is 30.3 Å². The largest absolute Gasteiger partial charge is 0.507 e. The molecule has 1 aliphatic rings. The van der Waals surface area contributed by atoms with Crippen molar-refractivity contribution in [3.05, 3.63) is 111 Å². The summed E-state index contributed by atoms with van der Waals surface area (Å²) >= 11 is 0. The first kappa shape index (κ1) is 20.0. The van der Waals surface area contributed by atoms with Gasteiger partial charge in [0.25, 0.3) is 17.4 Å². The van der Waals surface area contributed by atoms with Crippen LogP contribution in [0.5, 0.6) is 0 Å². The van der Waals surface area contributed by atoms with Gasteiger partial charge in [-0.05, 0) is 42.5 Å². The van der Waals surface area contributed by atoms with Gasteiger partial charge in [0.2, 0.25) is 0 Å². The Morgan fingerprint density at radius 3 is 2.19 bits per heavy atom. The third kappa shape index (κ3) is 3.44. The van der Waals surface area contributed by atoms with Crippen LogP contribution >= 0.6 is 0 Å². The molecular weight excluding hydrogens is 403 g/mol. The van der Waals surface area contributed by atoms with Crippen molar-refractivity contribution in [2.24, 2.45) is 0 Å². The van der Waals surface area contributed by atoms with E-state index in [9.17, 15) is 29.2 Å². The lowest BCUT2D eigenvalue weighted by molar-refractivity contribution is -0.385. The summed E-state index contributed by atoms with van der Waals surface area (Å²) in [6.07, 6.45) is 0. The van der Waals surface area contributed by atoms with E-state index in [0.717, 1.165) is 17.0 Å². The van der Waals surface area contributed by atoms with E-state index in [1.54, 1.807) is 36.4 Å². The van der Waals surface area contributed by atoms with Gasteiger partial charge in [0.05, 0.1) is 16.1 Å². The molecule has 1 N–H and O–H groups in total. The quantitative estimate of drug-likeness (QED) is 0.223. The van der Waals surface area contributed by atoms with Gasteiger partial charge in [-0.15, -0.1) is 0 Å². The van der Waals surface area contributed by atoms with Gasteiger partial charge < -0.3 is 5.11 Å². The summed E-state index contributed by atoms with van der Waals surface area (Å²) in [4.78, 5) is 38.1. The Hall–Kier alpha value is -4.33. The van der Waals surface area contributed by atoms with E-state index >= 15 is 0 Å². The zero-order valence-corrected chi connectivity index (χ0v) is 15.9. The standard InChI is InChI=1S/C23H15FN2O5/c24-15-12-10-14(11-13-15)21(27)19-20(17-8-4-5-9-18(17)26(30)31)25(23(29)22(19)28)16-6-2-1-3-7-16/h1-13,20,27H. The molecule has 8 heteroatoms. The molecule has 3 aromatic rings. The predicted octanol–water partition coefficient (Wildman–Crippen LogP) is 4.36. The van der Waals surface area contributed by atoms with Crippen molar-refractivity contribution in [1.29, 1.82) is 0 Å². The summed E-state index contributed by atoms with van der Waals surface area (Å²) in [5.74, 6) is -3.01. The number of rotatable bonds is 4. The number of carbonyl (C=O) groups is 2. The number of hydrogen-bond donors (Lipinski definition) is 1. The van der Waals surface area contributed by atoms with Gasteiger partial charge in [0.15, 0.2) is 0 Å². The number of halogens is 1. The zero-order chi connectivity index (χ0) is 22.1. The molecule has 1 unspecified atom stereocenters. The number of anilines is 1. The molecule has 0 spiro atoms. The Bertz CT molecular complexity index is 1220. The topological polar surface area (TPSA) is 101 Å². The third-order valence-corrected chi connectivity index (χ3v) is 5.02. The monoisotopic (exact) mass is 418 g/mol. The number of nitro benzene ring substituents is 1. The minimum Gasteiger partial charge on any atom is -0.507 e. The molecule has 1 fully saturated rings. The van der Waals surface area contributed by atoms with Gasteiger partial charge in [0, 0.05) is 17.3 Å². The minimum absolute atomic E-state index is 0.0687. The highest BCUT2D eigenvalue weighted by Gasteiger charge is 2.48. The molecule has 0 aromatic heterocycles. The van der Waals surface area contributed by atoms with Crippen LogP contribution in [0.15, 0.2) is 84.4 Å². The number of carbonyl (C=O) groups excluding carboxylic acids is 2. The fourth-order valence-corrected chi connectivity index (χ4v) is 3.63. The number of aliphatic hydroxyl groups is 1. The van der Waals surface area contributed by atoms with Crippen molar-refractivity contribution < 1.29 is 24.0 Å². The SMILES string of the molecule is O=C1C(=O)N(c2ccccc2)C(c2ccccc2[N+](=O)[O-])C1=C(O)c1ccc(F)cc1. The highest BCUT2D eigenvalue weighted by Crippen LogP contribution is 2.44. The molecule has 7 nitrogen and oxygen atoms in total. The summed E-state index contributed by atoms with van der Waals surface area (Å²) in [6, 6.07) is 17.4. The Balaban J connectivity index is 2.01. The maximum absolute atomic E-state index is 13.3. The molecule has 1 aliphatic heterocycles. The molecule has 0 radical (unpaired) electrons. The molecule has 1 atom stereocenters. The molecule has 0 saturated carbocycles. The molecule has 154 valence electrons. The zero-order valence-electron chi connectivity index (χ0n) is 15.9. The van der Waals surface area contributed by atoms with Crippen molar-refractivity contribution in [3.63, 3.8) is 0 Å². The smallest absolute Gasteiger partial charge is 0.300 e. The van der Waals surface area contributed by atoms with Crippen LogP contribution in [0.25, 0.3) is 5.76 Å². The van der Waals surface area contributed by atoms with Crippen LogP contribution in [0.3, 0.4) is 0 Å². The van der Waals surface area contributed by atoms with Gasteiger partial charge in [-0.2, -0.15) is 0 Å². The van der Waals surface area contributed by atoms with Crippen LogP contribution in [-0.2, 0) is 9.59 Å². The first-order valence-corrected chi connectivity index (χ1v) is 9.25. The normalized spacial score (nSPS) is 17.7. The van der Waals surface area contributed by atoms with E-state index in [-0.39, 0.29) is 22.4 Å². The average molecular weight is 418 g/mol. The Morgan fingerprint density at radius 1 is 0.935 bits per heavy atom. The molecule has 0 aliphatic carbocycles. The number of nitrogens with zero attached hydrogens (tertiary/aromatic N) is 2. The van der Waals surface area contributed by atoms with Crippen molar-refractivity contribution in [1.82, 2.24) is 0 Å². The molecule has 4 rings (SSSR count). The van der Waals surface area contributed by atoms with E-state index in [0.29, 0.717) is 5.69 Å². The molecule has 1 saturated heterocycles. The van der Waals surface area contributed by atoms with Crippen molar-refractivity contribution in [2.75, 3.05) is 4.90 Å². The Kier molecular flexibility index (Phi) is 5.04. The summed E-state index contributed by atoms with van der Waals surface area (Å²) in [7, 11) is 0.